The van der Waals surface area contributed by atoms with E-state index >= 15 is 0 Å². The van der Waals surface area contributed by atoms with Crippen LogP contribution in [0.4, 0.5) is 8.78 Å². The van der Waals surface area contributed by atoms with Crippen LogP contribution in [0.15, 0.2) is 53.9 Å². The first-order valence-corrected chi connectivity index (χ1v) is 8.09. The second-order valence-electron chi connectivity index (χ2n) is 4.50. The van der Waals surface area contributed by atoms with E-state index in [4.69, 9.17) is 0 Å². The zero-order valence-corrected chi connectivity index (χ0v) is 13.2. The fourth-order valence-electron chi connectivity index (χ4n) is 2.19. The van der Waals surface area contributed by atoms with Gasteiger partial charge in [-0.15, -0.1) is 11.3 Å². The van der Waals surface area contributed by atoms with Crippen molar-refractivity contribution < 1.29 is 13.5 Å². The number of fused-ring (bicyclic) bond motifs is 1. The Balaban J connectivity index is 1.89. The second kappa shape index (κ2) is 6.12. The molecule has 0 aliphatic heterocycles. The van der Waals surface area contributed by atoms with Crippen molar-refractivity contribution in [1.29, 1.82) is 0 Å². The van der Waals surface area contributed by atoms with Gasteiger partial charge in [0, 0.05) is 4.70 Å². The molecule has 0 amide bonds. The molecule has 108 valence electrons. The topological polar surface area (TPSA) is 9.23 Å². The van der Waals surface area contributed by atoms with E-state index in [0.717, 1.165) is 5.56 Å². The standard InChI is InChI=1S/C16H11BrF2OS/c17-15(10-5-7-11(8-6-10)20-16(18)19)13-9-21-14-4-2-1-3-12(13)14/h1-9,15-16H. The molecule has 5 heteroatoms. The Labute approximate surface area is 133 Å². The molecule has 3 rings (SSSR count). The molecule has 0 saturated carbocycles. The van der Waals surface area contributed by atoms with Crippen LogP contribution in [-0.2, 0) is 0 Å². The number of halogens is 3. The largest absolute Gasteiger partial charge is 0.435 e. The van der Waals surface area contributed by atoms with Crippen molar-refractivity contribution in [3.8, 4) is 5.75 Å². The van der Waals surface area contributed by atoms with E-state index in [9.17, 15) is 8.78 Å². The third kappa shape index (κ3) is 3.09. The SMILES string of the molecule is FC(F)Oc1ccc(C(Br)c2csc3ccccc23)cc1. The van der Waals surface area contributed by atoms with Crippen LogP contribution in [0.25, 0.3) is 10.1 Å². The van der Waals surface area contributed by atoms with Crippen LogP contribution in [0, 0.1) is 0 Å². The Morgan fingerprint density at radius 1 is 1.00 bits per heavy atom. The van der Waals surface area contributed by atoms with E-state index in [1.54, 1.807) is 35.6 Å². The van der Waals surface area contributed by atoms with Gasteiger partial charge in [-0.25, -0.2) is 0 Å². The van der Waals surface area contributed by atoms with Crippen molar-refractivity contribution in [1.82, 2.24) is 0 Å². The maximum Gasteiger partial charge on any atom is 0.387 e. The minimum atomic E-state index is -2.79. The van der Waals surface area contributed by atoms with Crippen LogP contribution in [-0.4, -0.2) is 6.61 Å². The fraction of sp³-hybridized carbons (Fsp3) is 0.125. The molecule has 0 aliphatic carbocycles. The van der Waals surface area contributed by atoms with Gasteiger partial charge in [-0.3, -0.25) is 0 Å². The van der Waals surface area contributed by atoms with Gasteiger partial charge in [-0.1, -0.05) is 46.3 Å². The van der Waals surface area contributed by atoms with Crippen molar-refractivity contribution in [2.75, 3.05) is 0 Å². The Morgan fingerprint density at radius 2 is 1.71 bits per heavy atom. The van der Waals surface area contributed by atoms with Gasteiger partial charge in [0.2, 0.25) is 0 Å². The molecule has 0 saturated heterocycles. The van der Waals surface area contributed by atoms with Crippen LogP contribution in [0.2, 0.25) is 0 Å². The van der Waals surface area contributed by atoms with Gasteiger partial charge >= 0.3 is 6.61 Å². The summed E-state index contributed by atoms with van der Waals surface area (Å²) in [6.45, 7) is -2.79. The Morgan fingerprint density at radius 3 is 2.43 bits per heavy atom. The number of benzene rings is 2. The zero-order valence-electron chi connectivity index (χ0n) is 10.8. The van der Waals surface area contributed by atoms with Gasteiger partial charge in [0.05, 0.1) is 4.83 Å². The van der Waals surface area contributed by atoms with E-state index in [2.05, 4.69) is 38.2 Å². The lowest BCUT2D eigenvalue weighted by Gasteiger charge is -2.11. The van der Waals surface area contributed by atoms with E-state index in [-0.39, 0.29) is 10.6 Å². The Kier molecular flexibility index (Phi) is 4.22. The zero-order chi connectivity index (χ0) is 14.8. The van der Waals surface area contributed by atoms with Crippen molar-refractivity contribution >= 4 is 37.4 Å². The Hall–Kier alpha value is -1.46. The molecule has 1 heterocycles. The van der Waals surface area contributed by atoms with Crippen molar-refractivity contribution in [2.24, 2.45) is 0 Å². The lowest BCUT2D eigenvalue weighted by atomic mass is 10.0. The Bertz CT molecular complexity index is 739. The molecular weight excluding hydrogens is 358 g/mol. The molecule has 1 atom stereocenters. The maximum atomic E-state index is 12.1. The lowest BCUT2D eigenvalue weighted by Crippen LogP contribution is -2.01. The first-order valence-electron chi connectivity index (χ1n) is 6.30. The average Bonchev–Trinajstić information content (AvgIpc) is 2.90. The summed E-state index contributed by atoms with van der Waals surface area (Å²) in [4.78, 5) is 0.0225. The molecule has 3 aromatic rings. The normalized spacial score (nSPS) is 12.8. The molecule has 1 unspecified atom stereocenters. The second-order valence-corrected chi connectivity index (χ2v) is 6.32. The minimum Gasteiger partial charge on any atom is -0.435 e. The van der Waals surface area contributed by atoms with Crippen LogP contribution < -0.4 is 4.74 Å². The van der Waals surface area contributed by atoms with Crippen LogP contribution in [0.5, 0.6) is 5.75 Å². The van der Waals surface area contributed by atoms with Gasteiger partial charge < -0.3 is 4.74 Å². The molecular formula is C16H11BrF2OS. The minimum absolute atomic E-state index is 0.0225. The van der Waals surface area contributed by atoms with E-state index < -0.39 is 6.61 Å². The number of ether oxygens (including phenoxy) is 1. The highest BCUT2D eigenvalue weighted by molar-refractivity contribution is 9.09. The summed E-state index contributed by atoms with van der Waals surface area (Å²) in [7, 11) is 0. The first kappa shape index (κ1) is 14.5. The molecule has 2 aromatic carbocycles. The van der Waals surface area contributed by atoms with Gasteiger partial charge in [-0.05, 0) is 40.1 Å². The molecule has 1 aromatic heterocycles. The third-order valence-corrected chi connectivity index (χ3v) is 5.19. The summed E-state index contributed by atoms with van der Waals surface area (Å²) in [5, 5.41) is 3.32. The quantitative estimate of drug-likeness (QED) is 0.514. The number of hydrogen-bond donors (Lipinski definition) is 0. The highest BCUT2D eigenvalue weighted by atomic mass is 79.9. The van der Waals surface area contributed by atoms with Crippen molar-refractivity contribution in [3.05, 3.63) is 65.0 Å². The molecule has 21 heavy (non-hydrogen) atoms. The fourth-order valence-corrected chi connectivity index (χ4v) is 4.04. The molecule has 0 aliphatic rings. The predicted molar refractivity (Wildman–Crippen MR) is 85.7 cm³/mol. The number of rotatable bonds is 4. The van der Waals surface area contributed by atoms with Gasteiger partial charge in [0.25, 0.3) is 0 Å². The molecule has 0 radical (unpaired) electrons. The van der Waals surface area contributed by atoms with Gasteiger partial charge in [0.1, 0.15) is 5.75 Å². The van der Waals surface area contributed by atoms with Crippen LogP contribution >= 0.6 is 27.3 Å². The smallest absolute Gasteiger partial charge is 0.387 e. The molecule has 0 fully saturated rings. The summed E-state index contributed by atoms with van der Waals surface area (Å²) in [5.41, 5.74) is 2.18. The van der Waals surface area contributed by atoms with Crippen LogP contribution in [0.1, 0.15) is 16.0 Å². The van der Waals surface area contributed by atoms with E-state index in [1.165, 1.54) is 15.6 Å². The first-order chi connectivity index (χ1) is 10.1. The predicted octanol–water partition coefficient (Wildman–Crippen LogP) is 5.99. The van der Waals surface area contributed by atoms with Gasteiger partial charge in [-0.2, -0.15) is 8.78 Å². The number of thiophene rings is 1. The summed E-state index contributed by atoms with van der Waals surface area (Å²) < 4.78 is 29.9. The monoisotopic (exact) mass is 368 g/mol. The van der Waals surface area contributed by atoms with E-state index in [1.807, 2.05) is 12.1 Å². The molecule has 0 bridgehead atoms. The van der Waals surface area contributed by atoms with Crippen molar-refractivity contribution in [3.63, 3.8) is 0 Å². The van der Waals surface area contributed by atoms with E-state index in [0.29, 0.717) is 0 Å². The summed E-state index contributed by atoms with van der Waals surface area (Å²) in [5.74, 6) is 0.170. The van der Waals surface area contributed by atoms with Crippen LogP contribution in [0.3, 0.4) is 0 Å². The molecule has 1 nitrogen and oxygen atoms in total. The third-order valence-electron chi connectivity index (χ3n) is 3.18. The lowest BCUT2D eigenvalue weighted by molar-refractivity contribution is -0.0498. The van der Waals surface area contributed by atoms with Gasteiger partial charge in [0.15, 0.2) is 0 Å². The molecule has 0 N–H and O–H groups in total. The number of alkyl halides is 3. The average molecular weight is 369 g/mol. The summed E-state index contributed by atoms with van der Waals surface area (Å²) >= 11 is 5.38. The maximum absolute atomic E-state index is 12.1. The number of hydrogen-bond acceptors (Lipinski definition) is 2. The summed E-state index contributed by atoms with van der Waals surface area (Å²) in [6.07, 6.45) is 0. The van der Waals surface area contributed by atoms with Crippen molar-refractivity contribution in [2.45, 2.75) is 11.4 Å². The molecule has 0 spiro atoms. The highest BCUT2D eigenvalue weighted by Crippen LogP contribution is 2.38. The summed E-state index contributed by atoms with van der Waals surface area (Å²) in [6, 6.07) is 14.9. The highest BCUT2D eigenvalue weighted by Gasteiger charge is 2.15.